The summed E-state index contributed by atoms with van der Waals surface area (Å²) in [5, 5.41) is 3.60. The first-order valence-corrected chi connectivity index (χ1v) is 10.6. The fourth-order valence-corrected chi connectivity index (χ4v) is 3.98. The minimum absolute atomic E-state index is 0.0888. The van der Waals surface area contributed by atoms with Gasteiger partial charge in [0.1, 0.15) is 23.0 Å². The number of aryl methyl sites for hydroxylation is 2. The highest BCUT2D eigenvalue weighted by Gasteiger charge is 2.16. The van der Waals surface area contributed by atoms with E-state index in [1.54, 1.807) is 19.1 Å². The third-order valence-corrected chi connectivity index (χ3v) is 5.45. The summed E-state index contributed by atoms with van der Waals surface area (Å²) in [6, 6.07) is 8.38. The molecule has 9 nitrogen and oxygen atoms in total. The molecule has 0 radical (unpaired) electrons. The highest BCUT2D eigenvalue weighted by molar-refractivity contribution is 5.83. The van der Waals surface area contributed by atoms with E-state index < -0.39 is 11.6 Å². The zero-order valence-corrected chi connectivity index (χ0v) is 18.1. The van der Waals surface area contributed by atoms with Crippen LogP contribution in [0, 0.1) is 18.6 Å². The first kappa shape index (κ1) is 21.4. The summed E-state index contributed by atoms with van der Waals surface area (Å²) in [7, 11) is 0. The molecule has 0 aliphatic rings. The molecule has 0 atom stereocenters. The minimum Gasteiger partial charge on any atom is -0.368 e. The van der Waals surface area contributed by atoms with Crippen LogP contribution >= 0.6 is 0 Å². The number of hydrogen-bond acceptors (Lipinski definition) is 7. The monoisotopic (exact) mass is 462 g/mol. The van der Waals surface area contributed by atoms with Crippen LogP contribution in [-0.4, -0.2) is 36.0 Å². The molecule has 2 aromatic carbocycles. The fourth-order valence-electron chi connectivity index (χ4n) is 3.98. The fraction of sp³-hybridized carbons (Fsp3) is 0.174. The van der Waals surface area contributed by atoms with E-state index in [4.69, 9.17) is 5.73 Å². The number of nitrogens with two attached hydrogens (primary N) is 1. The summed E-state index contributed by atoms with van der Waals surface area (Å²) in [6.07, 6.45) is 2.40. The van der Waals surface area contributed by atoms with Crippen molar-refractivity contribution in [1.82, 2.24) is 29.5 Å². The maximum atomic E-state index is 14.0. The molecule has 11 heteroatoms. The van der Waals surface area contributed by atoms with E-state index in [2.05, 4.69) is 30.2 Å². The van der Waals surface area contributed by atoms with Crippen molar-refractivity contribution in [2.45, 2.75) is 19.8 Å². The number of hydrogen-bond donors (Lipinski definition) is 3. The lowest BCUT2D eigenvalue weighted by Gasteiger charge is -2.15. The number of halogens is 2. The second kappa shape index (κ2) is 8.50. The van der Waals surface area contributed by atoms with Gasteiger partial charge in [0.25, 0.3) is 5.56 Å². The van der Waals surface area contributed by atoms with Crippen LogP contribution in [0.4, 0.5) is 20.5 Å². The molecule has 0 fully saturated rings. The lowest BCUT2D eigenvalue weighted by atomic mass is 10.1. The first-order chi connectivity index (χ1) is 16.4. The Hall–Kier alpha value is -4.41. The van der Waals surface area contributed by atoms with E-state index in [1.165, 1.54) is 10.9 Å². The summed E-state index contributed by atoms with van der Waals surface area (Å²) >= 11 is 0. The van der Waals surface area contributed by atoms with E-state index in [-0.39, 0.29) is 17.2 Å². The Labute approximate surface area is 191 Å². The van der Waals surface area contributed by atoms with Gasteiger partial charge in [-0.2, -0.15) is 9.97 Å². The number of aromatic amines is 1. The minimum atomic E-state index is -0.774. The second-order valence-electron chi connectivity index (χ2n) is 7.83. The molecule has 0 saturated heterocycles. The zero-order chi connectivity index (χ0) is 23.8. The molecule has 0 saturated carbocycles. The number of nitrogen functional groups attached to an aromatic ring is 1. The number of nitrogens with zero attached hydrogens (tertiary/aromatic N) is 5. The summed E-state index contributed by atoms with van der Waals surface area (Å²) in [5.74, 6) is -0.556. The van der Waals surface area contributed by atoms with E-state index >= 15 is 0 Å². The third-order valence-electron chi connectivity index (χ3n) is 5.45. The van der Waals surface area contributed by atoms with Crippen molar-refractivity contribution in [3.8, 4) is 5.69 Å². The Morgan fingerprint density at radius 2 is 1.91 bits per heavy atom. The predicted molar refractivity (Wildman–Crippen MR) is 125 cm³/mol. The highest BCUT2D eigenvalue weighted by atomic mass is 19.1. The van der Waals surface area contributed by atoms with Crippen LogP contribution in [0.2, 0.25) is 0 Å². The Morgan fingerprint density at radius 3 is 2.71 bits per heavy atom. The van der Waals surface area contributed by atoms with Crippen LogP contribution in [0.15, 0.2) is 47.5 Å². The Bertz CT molecular complexity index is 1570. The number of aromatic nitrogens is 6. The van der Waals surface area contributed by atoms with Gasteiger partial charge in [0.2, 0.25) is 5.95 Å². The van der Waals surface area contributed by atoms with Crippen molar-refractivity contribution in [2.24, 2.45) is 0 Å². The summed E-state index contributed by atoms with van der Waals surface area (Å²) in [5.41, 5.74) is 7.80. The van der Waals surface area contributed by atoms with Crippen LogP contribution in [0.3, 0.4) is 0 Å². The average Bonchev–Trinajstić information content (AvgIpc) is 3.24. The molecule has 3 heterocycles. The van der Waals surface area contributed by atoms with Crippen molar-refractivity contribution in [3.05, 3.63) is 76.1 Å². The van der Waals surface area contributed by atoms with Gasteiger partial charge >= 0.3 is 0 Å². The molecule has 172 valence electrons. The number of anilines is 2. The van der Waals surface area contributed by atoms with Gasteiger partial charge in [-0.05, 0) is 37.1 Å². The van der Waals surface area contributed by atoms with E-state index in [9.17, 15) is 13.6 Å². The van der Waals surface area contributed by atoms with Gasteiger partial charge in [0, 0.05) is 19.0 Å². The lowest BCUT2D eigenvalue weighted by molar-refractivity contribution is 0.580. The maximum absolute atomic E-state index is 14.0. The summed E-state index contributed by atoms with van der Waals surface area (Å²) in [6.45, 7) is 2.26. The topological polar surface area (TPSA) is 127 Å². The number of imidazole rings is 1. The quantitative estimate of drug-likeness (QED) is 0.331. The molecule has 5 aromatic rings. The summed E-state index contributed by atoms with van der Waals surface area (Å²) < 4.78 is 29.2. The number of H-pyrrole nitrogens is 1. The summed E-state index contributed by atoms with van der Waals surface area (Å²) in [4.78, 5) is 33.4. The molecule has 0 aliphatic carbocycles. The molecular formula is C23H20F2N8O. The third kappa shape index (κ3) is 3.91. The van der Waals surface area contributed by atoms with Crippen molar-refractivity contribution in [2.75, 3.05) is 17.6 Å². The van der Waals surface area contributed by atoms with Crippen molar-refractivity contribution in [3.63, 3.8) is 0 Å². The largest absolute Gasteiger partial charge is 0.368 e. The number of nitrogens with one attached hydrogen (secondary N) is 2. The van der Waals surface area contributed by atoms with Crippen molar-refractivity contribution in [1.29, 1.82) is 0 Å². The smallest absolute Gasteiger partial charge is 0.266 e. The zero-order valence-electron chi connectivity index (χ0n) is 18.1. The van der Waals surface area contributed by atoms with Crippen molar-refractivity contribution < 1.29 is 8.78 Å². The predicted octanol–water partition coefficient (Wildman–Crippen LogP) is 3.27. The van der Waals surface area contributed by atoms with Gasteiger partial charge in [-0.25, -0.2) is 18.7 Å². The van der Waals surface area contributed by atoms with E-state index in [1.807, 2.05) is 6.07 Å². The van der Waals surface area contributed by atoms with Crippen molar-refractivity contribution >= 4 is 33.8 Å². The molecule has 5 rings (SSSR count). The second-order valence-corrected chi connectivity index (χ2v) is 7.83. The van der Waals surface area contributed by atoms with Crippen LogP contribution in [0.5, 0.6) is 0 Å². The molecule has 4 N–H and O–H groups in total. The van der Waals surface area contributed by atoms with Crippen LogP contribution in [-0.2, 0) is 6.42 Å². The molecule has 0 aliphatic heterocycles. The molecule has 0 unspecified atom stereocenters. The molecule has 0 amide bonds. The Kier molecular flexibility index (Phi) is 5.36. The Morgan fingerprint density at radius 1 is 1.12 bits per heavy atom. The molecule has 0 spiro atoms. The normalized spacial score (nSPS) is 11.4. The number of fused-ring (bicyclic) bond motifs is 2. The van der Waals surface area contributed by atoms with Gasteiger partial charge in [0.15, 0.2) is 11.5 Å². The van der Waals surface area contributed by atoms with Crippen LogP contribution < -0.4 is 16.6 Å². The first-order valence-electron chi connectivity index (χ1n) is 10.6. The average molecular weight is 462 g/mol. The van der Waals surface area contributed by atoms with E-state index in [0.29, 0.717) is 53.1 Å². The van der Waals surface area contributed by atoms with Gasteiger partial charge in [-0.1, -0.05) is 12.1 Å². The number of benzene rings is 2. The van der Waals surface area contributed by atoms with Crippen LogP contribution in [0.25, 0.3) is 27.8 Å². The molecule has 34 heavy (non-hydrogen) atoms. The highest BCUT2D eigenvalue weighted by Crippen LogP contribution is 2.20. The lowest BCUT2D eigenvalue weighted by Crippen LogP contribution is -2.25. The Balaban J connectivity index is 1.48. The number of rotatable bonds is 6. The molecule has 3 aromatic heterocycles. The van der Waals surface area contributed by atoms with Gasteiger partial charge < -0.3 is 16.0 Å². The maximum Gasteiger partial charge on any atom is 0.266 e. The van der Waals surface area contributed by atoms with Gasteiger partial charge in [0.05, 0.1) is 22.9 Å². The standard InChI is InChI=1S/C23H20F2N8O/c1-12-4-2-5-16-18(12)22(34)33(15-9-13(24)8-14(25)10-15)17(30-16)6-3-7-27-20-19-21(29-11-28-19)32-23(26)31-20/h2,4-5,8-11H,3,6-7H2,1H3,(H4,26,27,28,29,31,32). The van der Waals surface area contributed by atoms with E-state index in [0.717, 1.165) is 23.8 Å². The van der Waals surface area contributed by atoms with Gasteiger partial charge in [-0.15, -0.1) is 0 Å². The van der Waals surface area contributed by atoms with Crippen LogP contribution in [0.1, 0.15) is 17.8 Å². The van der Waals surface area contributed by atoms with Gasteiger partial charge in [-0.3, -0.25) is 9.36 Å². The molecular weight excluding hydrogens is 442 g/mol. The SMILES string of the molecule is Cc1cccc2nc(CCCNc3nc(N)nc4nc[nH]c34)n(-c3cc(F)cc(F)c3)c(=O)c12. The molecule has 0 bridgehead atoms.